The summed E-state index contributed by atoms with van der Waals surface area (Å²) >= 11 is 0. The Bertz CT molecular complexity index is 595. The zero-order chi connectivity index (χ0) is 13.1. The number of alkyl halides is 1. The number of nitrogens with zero attached hydrogens (tertiary/aromatic N) is 3. The molecular formula is C9H12FN5O3. The molecule has 18 heavy (non-hydrogen) atoms. The van der Waals surface area contributed by atoms with E-state index in [1.807, 2.05) is 0 Å². The van der Waals surface area contributed by atoms with Crippen molar-refractivity contribution < 1.29 is 14.2 Å². The fraction of sp³-hybridized carbons (Fsp3) is 0.444. The number of fused-ring (bicyclic) bond motifs is 1. The molecule has 0 aliphatic rings. The predicted octanol–water partition coefficient (Wildman–Crippen LogP) is -0.994. The highest BCUT2D eigenvalue weighted by atomic mass is 19.1. The second-order valence-electron chi connectivity index (χ2n) is 3.62. The summed E-state index contributed by atoms with van der Waals surface area (Å²) in [7, 11) is 0. The molecule has 4 N–H and O–H groups in total. The maximum Gasteiger partial charge on any atom is 0.280 e. The molecular weight excluding hydrogens is 245 g/mol. The van der Waals surface area contributed by atoms with E-state index in [1.165, 1.54) is 10.9 Å². The van der Waals surface area contributed by atoms with Crippen LogP contribution in [-0.4, -0.2) is 44.0 Å². The fourth-order valence-electron chi connectivity index (χ4n) is 1.40. The minimum atomic E-state index is -1.44. The highest BCUT2D eigenvalue weighted by Gasteiger charge is 2.10. The Hall–Kier alpha value is -2.00. The number of aromatic nitrogens is 4. The average Bonchev–Trinajstić information content (AvgIpc) is 2.72. The van der Waals surface area contributed by atoms with E-state index in [9.17, 15) is 9.18 Å². The summed E-state index contributed by atoms with van der Waals surface area (Å²) in [5, 5.41) is 8.49. The van der Waals surface area contributed by atoms with E-state index in [0.717, 1.165) is 0 Å². The number of aliphatic hydroxyl groups excluding tert-OH is 1. The highest BCUT2D eigenvalue weighted by molar-refractivity contribution is 5.70. The van der Waals surface area contributed by atoms with Gasteiger partial charge < -0.3 is 15.6 Å². The fourth-order valence-corrected chi connectivity index (χ4v) is 1.40. The van der Waals surface area contributed by atoms with Gasteiger partial charge in [-0.25, -0.2) is 9.37 Å². The first-order valence-corrected chi connectivity index (χ1v) is 5.15. The van der Waals surface area contributed by atoms with Gasteiger partial charge in [0.15, 0.2) is 11.2 Å². The second-order valence-corrected chi connectivity index (χ2v) is 3.62. The van der Waals surface area contributed by atoms with Gasteiger partial charge in [0.25, 0.3) is 5.56 Å². The molecule has 2 aromatic heterocycles. The van der Waals surface area contributed by atoms with Gasteiger partial charge in [0.05, 0.1) is 19.5 Å². The molecule has 0 radical (unpaired) electrons. The Morgan fingerprint density at radius 1 is 1.67 bits per heavy atom. The van der Waals surface area contributed by atoms with Gasteiger partial charge in [0.1, 0.15) is 12.9 Å². The third kappa shape index (κ3) is 2.46. The Labute approximate surface area is 100 Å². The first kappa shape index (κ1) is 12.5. The van der Waals surface area contributed by atoms with Crippen LogP contribution in [0.3, 0.4) is 0 Å². The van der Waals surface area contributed by atoms with Crippen LogP contribution in [0.2, 0.25) is 0 Å². The van der Waals surface area contributed by atoms with Gasteiger partial charge in [-0.2, -0.15) is 4.98 Å². The first-order valence-electron chi connectivity index (χ1n) is 5.15. The number of nitrogen functional groups attached to an aromatic ring is 1. The van der Waals surface area contributed by atoms with Crippen LogP contribution < -0.4 is 11.3 Å². The van der Waals surface area contributed by atoms with Crippen LogP contribution in [0.4, 0.5) is 10.3 Å². The zero-order valence-electron chi connectivity index (χ0n) is 9.34. The van der Waals surface area contributed by atoms with Crippen LogP contribution in [0.5, 0.6) is 0 Å². The molecule has 8 nitrogen and oxygen atoms in total. The van der Waals surface area contributed by atoms with Crippen LogP contribution in [0.15, 0.2) is 11.1 Å². The molecule has 2 heterocycles. The maximum atomic E-state index is 12.7. The van der Waals surface area contributed by atoms with Crippen LogP contribution in [0, 0.1) is 0 Å². The molecule has 0 spiro atoms. The Morgan fingerprint density at radius 3 is 3.17 bits per heavy atom. The maximum absolute atomic E-state index is 12.7. The molecule has 98 valence electrons. The van der Waals surface area contributed by atoms with Gasteiger partial charge >= 0.3 is 0 Å². The number of rotatable bonds is 5. The molecule has 0 saturated carbocycles. The summed E-state index contributed by atoms with van der Waals surface area (Å²) in [6, 6.07) is 0. The average molecular weight is 257 g/mol. The monoisotopic (exact) mass is 257 g/mol. The van der Waals surface area contributed by atoms with Crippen LogP contribution in [0.25, 0.3) is 11.2 Å². The summed E-state index contributed by atoms with van der Waals surface area (Å²) in [6.07, 6.45) is -0.0976. The van der Waals surface area contributed by atoms with E-state index in [0.29, 0.717) is 0 Å². The van der Waals surface area contributed by atoms with Crippen molar-refractivity contribution >= 4 is 17.1 Å². The molecule has 2 aromatic rings. The lowest BCUT2D eigenvalue weighted by atomic mass is 10.4. The quantitative estimate of drug-likeness (QED) is 0.632. The van der Waals surface area contributed by atoms with Gasteiger partial charge in [-0.3, -0.25) is 14.3 Å². The number of imidazole rings is 1. The topological polar surface area (TPSA) is 119 Å². The zero-order valence-corrected chi connectivity index (χ0v) is 9.34. The van der Waals surface area contributed by atoms with E-state index < -0.39 is 18.3 Å². The molecule has 0 aromatic carbocycles. The molecule has 0 amide bonds. The predicted molar refractivity (Wildman–Crippen MR) is 60.5 cm³/mol. The number of H-pyrrole nitrogens is 1. The van der Waals surface area contributed by atoms with E-state index in [1.54, 1.807) is 0 Å². The van der Waals surface area contributed by atoms with Crippen molar-refractivity contribution in [3.63, 3.8) is 0 Å². The van der Waals surface area contributed by atoms with Crippen LogP contribution in [-0.2, 0) is 11.5 Å². The first-order chi connectivity index (χ1) is 8.61. The summed E-state index contributed by atoms with van der Waals surface area (Å²) in [5.74, 6) is -0.0343. The number of nitrogens with two attached hydrogens (primary N) is 1. The van der Waals surface area contributed by atoms with Gasteiger partial charge in [-0.05, 0) is 0 Å². The van der Waals surface area contributed by atoms with Gasteiger partial charge in [0.2, 0.25) is 5.95 Å². The van der Waals surface area contributed by atoms with Crippen molar-refractivity contribution in [2.24, 2.45) is 0 Å². The summed E-state index contributed by atoms with van der Waals surface area (Å²) in [5.41, 5.74) is 5.35. The molecule has 9 heteroatoms. The largest absolute Gasteiger partial charge is 0.393 e. The Balaban J connectivity index is 2.17. The SMILES string of the molecule is Nc1nc2c(ncn2COCC(F)CO)c(=O)[nH]1. The molecule has 0 fully saturated rings. The van der Waals surface area contributed by atoms with Gasteiger partial charge in [0, 0.05) is 0 Å². The van der Waals surface area contributed by atoms with Gasteiger partial charge in [-0.15, -0.1) is 0 Å². The van der Waals surface area contributed by atoms with Crippen LogP contribution >= 0.6 is 0 Å². The molecule has 1 unspecified atom stereocenters. The van der Waals surface area contributed by atoms with Crippen molar-refractivity contribution in [1.29, 1.82) is 0 Å². The normalized spacial score (nSPS) is 13.0. The number of ether oxygens (including phenoxy) is 1. The van der Waals surface area contributed by atoms with Crippen molar-refractivity contribution in [3.8, 4) is 0 Å². The lowest BCUT2D eigenvalue weighted by molar-refractivity contribution is 0.0199. The molecule has 0 saturated heterocycles. The highest BCUT2D eigenvalue weighted by Crippen LogP contribution is 2.06. The smallest absolute Gasteiger partial charge is 0.280 e. The number of nitrogens with one attached hydrogen (secondary N) is 1. The molecule has 0 aliphatic carbocycles. The third-order valence-electron chi connectivity index (χ3n) is 2.22. The number of anilines is 1. The van der Waals surface area contributed by atoms with Crippen molar-refractivity contribution in [1.82, 2.24) is 19.5 Å². The van der Waals surface area contributed by atoms with E-state index >= 15 is 0 Å². The molecule has 0 aliphatic heterocycles. The van der Waals surface area contributed by atoms with Crippen molar-refractivity contribution in [2.75, 3.05) is 18.9 Å². The lowest BCUT2D eigenvalue weighted by Gasteiger charge is -2.07. The number of halogens is 1. The number of aromatic amines is 1. The Kier molecular flexibility index (Phi) is 3.53. The molecule has 1 atom stereocenters. The minimum Gasteiger partial charge on any atom is -0.393 e. The minimum absolute atomic E-state index is 0.0343. The second kappa shape index (κ2) is 5.10. The van der Waals surface area contributed by atoms with Crippen LogP contribution in [0.1, 0.15) is 0 Å². The van der Waals surface area contributed by atoms with Crippen molar-refractivity contribution in [3.05, 3.63) is 16.7 Å². The molecule has 2 rings (SSSR count). The summed E-state index contributed by atoms with van der Waals surface area (Å²) < 4.78 is 19.1. The standard InChI is InChI=1S/C9H12FN5O3/c10-5(1-16)2-18-4-15-3-12-6-7(15)13-9(11)14-8(6)17/h3,5,16H,1-2,4H2,(H3,11,13,14,17). The van der Waals surface area contributed by atoms with Gasteiger partial charge in [-0.1, -0.05) is 0 Å². The Morgan fingerprint density at radius 2 is 2.44 bits per heavy atom. The van der Waals surface area contributed by atoms with E-state index in [4.69, 9.17) is 15.6 Å². The lowest BCUT2D eigenvalue weighted by Crippen LogP contribution is -2.16. The number of hydrogen-bond acceptors (Lipinski definition) is 6. The summed E-state index contributed by atoms with van der Waals surface area (Å²) in [6.45, 7) is -0.892. The number of hydrogen-bond donors (Lipinski definition) is 3. The van der Waals surface area contributed by atoms with Crippen molar-refractivity contribution in [2.45, 2.75) is 12.9 Å². The third-order valence-corrected chi connectivity index (χ3v) is 2.22. The number of aliphatic hydroxyl groups is 1. The van der Waals surface area contributed by atoms with E-state index in [-0.39, 0.29) is 30.4 Å². The molecule has 0 bridgehead atoms. The van der Waals surface area contributed by atoms with E-state index in [2.05, 4.69) is 15.0 Å². The summed E-state index contributed by atoms with van der Waals surface area (Å²) in [4.78, 5) is 21.5.